The molecule has 3 aromatic rings. The number of rotatable bonds is 6. The van der Waals surface area contributed by atoms with Crippen LogP contribution in [0.25, 0.3) is 11.0 Å². The van der Waals surface area contributed by atoms with Gasteiger partial charge in [0.15, 0.2) is 12.2 Å². The second-order valence-electron chi connectivity index (χ2n) is 5.95. The summed E-state index contributed by atoms with van der Waals surface area (Å²) < 4.78 is 10.6. The summed E-state index contributed by atoms with van der Waals surface area (Å²) >= 11 is 0. The van der Waals surface area contributed by atoms with Crippen LogP contribution in [0, 0.1) is 0 Å². The van der Waals surface area contributed by atoms with E-state index in [-0.39, 0.29) is 24.8 Å². The van der Waals surface area contributed by atoms with Gasteiger partial charge in [0.1, 0.15) is 11.4 Å². The molecule has 2 amide bonds. The van der Waals surface area contributed by atoms with Crippen molar-refractivity contribution in [3.63, 3.8) is 0 Å². The van der Waals surface area contributed by atoms with E-state index in [0.717, 1.165) is 5.39 Å². The van der Waals surface area contributed by atoms with Crippen molar-refractivity contribution >= 4 is 28.5 Å². The zero-order chi connectivity index (χ0) is 18.5. The zero-order valence-corrected chi connectivity index (χ0v) is 14.6. The number of aromatic nitrogens is 1. The van der Waals surface area contributed by atoms with E-state index in [9.17, 15) is 9.59 Å². The predicted molar refractivity (Wildman–Crippen MR) is 97.0 cm³/mol. The highest BCUT2D eigenvalue weighted by Crippen LogP contribution is 2.19. The van der Waals surface area contributed by atoms with E-state index >= 15 is 0 Å². The molecule has 134 valence electrons. The van der Waals surface area contributed by atoms with Gasteiger partial charge in [0, 0.05) is 25.2 Å². The van der Waals surface area contributed by atoms with Crippen LogP contribution in [0.3, 0.4) is 0 Å². The molecule has 0 saturated heterocycles. The van der Waals surface area contributed by atoms with Crippen molar-refractivity contribution in [2.75, 3.05) is 26.0 Å². The lowest BCUT2D eigenvalue weighted by Gasteiger charge is -2.11. The van der Waals surface area contributed by atoms with Crippen LogP contribution in [0.1, 0.15) is 5.69 Å². The molecule has 1 heterocycles. The van der Waals surface area contributed by atoms with Gasteiger partial charge in [-0.25, -0.2) is 0 Å². The Balaban J connectivity index is 1.57. The van der Waals surface area contributed by atoms with E-state index < -0.39 is 0 Å². The first kappa shape index (κ1) is 17.5. The maximum Gasteiger partial charge on any atom is 0.259 e. The van der Waals surface area contributed by atoms with Gasteiger partial charge in [-0.1, -0.05) is 17.3 Å². The summed E-state index contributed by atoms with van der Waals surface area (Å²) in [6.45, 7) is -0.0298. The number of hydrogen-bond donors (Lipinski definition) is 1. The molecule has 0 fully saturated rings. The van der Waals surface area contributed by atoms with Gasteiger partial charge in [-0.3, -0.25) is 9.59 Å². The summed E-state index contributed by atoms with van der Waals surface area (Å²) in [6, 6.07) is 14.2. The maximum absolute atomic E-state index is 12.2. The lowest BCUT2D eigenvalue weighted by Crippen LogP contribution is -2.27. The van der Waals surface area contributed by atoms with Crippen molar-refractivity contribution in [1.29, 1.82) is 0 Å². The van der Waals surface area contributed by atoms with Crippen LogP contribution in [0.4, 0.5) is 5.69 Å². The Hall–Kier alpha value is -3.35. The molecule has 0 bridgehead atoms. The average Bonchev–Trinajstić information content (AvgIpc) is 3.03. The highest BCUT2D eigenvalue weighted by molar-refractivity contribution is 5.94. The number of anilines is 1. The van der Waals surface area contributed by atoms with Gasteiger partial charge in [0.05, 0.1) is 6.42 Å². The monoisotopic (exact) mass is 353 g/mol. The molecule has 0 spiro atoms. The van der Waals surface area contributed by atoms with Crippen LogP contribution >= 0.6 is 0 Å². The van der Waals surface area contributed by atoms with Crippen molar-refractivity contribution in [1.82, 2.24) is 10.1 Å². The summed E-state index contributed by atoms with van der Waals surface area (Å²) in [4.78, 5) is 25.2. The summed E-state index contributed by atoms with van der Waals surface area (Å²) in [5, 5.41) is 7.59. The van der Waals surface area contributed by atoms with E-state index in [4.69, 9.17) is 9.26 Å². The Morgan fingerprint density at radius 1 is 1.12 bits per heavy atom. The summed E-state index contributed by atoms with van der Waals surface area (Å²) in [5.74, 6) is 0.239. The number of nitrogens with one attached hydrogen (secondary N) is 1. The fraction of sp³-hybridized carbons (Fsp3) is 0.211. The third-order valence-corrected chi connectivity index (χ3v) is 3.78. The molecule has 0 unspecified atom stereocenters. The number of amides is 2. The number of benzene rings is 2. The van der Waals surface area contributed by atoms with Gasteiger partial charge in [-0.05, 0) is 36.4 Å². The number of carbonyl (C=O) groups excluding carboxylic acids is 2. The molecule has 0 aliphatic rings. The highest BCUT2D eigenvalue weighted by atomic mass is 16.5. The smallest absolute Gasteiger partial charge is 0.259 e. The minimum atomic E-state index is -0.194. The SMILES string of the molecule is CN(C)C(=O)COc1ccc(NC(=O)Cc2noc3ccccc23)cc1. The van der Waals surface area contributed by atoms with E-state index in [1.807, 2.05) is 24.3 Å². The number of likely N-dealkylation sites (N-methyl/N-ethyl adjacent to an activating group) is 1. The largest absolute Gasteiger partial charge is 0.484 e. The van der Waals surface area contributed by atoms with Crippen LogP contribution in [0.15, 0.2) is 53.1 Å². The van der Waals surface area contributed by atoms with Crippen LogP contribution in [0.5, 0.6) is 5.75 Å². The Kier molecular flexibility index (Phi) is 5.17. The quantitative estimate of drug-likeness (QED) is 0.736. The number of ether oxygens (including phenoxy) is 1. The number of hydrogen-bond acceptors (Lipinski definition) is 5. The Morgan fingerprint density at radius 2 is 1.85 bits per heavy atom. The van der Waals surface area contributed by atoms with Gasteiger partial charge in [-0.15, -0.1) is 0 Å². The van der Waals surface area contributed by atoms with Gasteiger partial charge in [0.2, 0.25) is 5.91 Å². The molecule has 1 aromatic heterocycles. The number of para-hydroxylation sites is 1. The van der Waals surface area contributed by atoms with E-state index in [2.05, 4.69) is 10.5 Å². The second kappa shape index (κ2) is 7.69. The van der Waals surface area contributed by atoms with Crippen molar-refractivity contribution in [2.24, 2.45) is 0 Å². The predicted octanol–water partition coefficient (Wildman–Crippen LogP) is 2.48. The number of carbonyl (C=O) groups is 2. The molecular weight excluding hydrogens is 334 g/mol. The summed E-state index contributed by atoms with van der Waals surface area (Å²) in [5.41, 5.74) is 1.89. The average molecular weight is 353 g/mol. The van der Waals surface area contributed by atoms with Crippen molar-refractivity contribution in [2.45, 2.75) is 6.42 Å². The fourth-order valence-corrected chi connectivity index (χ4v) is 2.33. The summed E-state index contributed by atoms with van der Waals surface area (Å²) in [7, 11) is 3.34. The molecule has 7 heteroatoms. The van der Waals surface area contributed by atoms with E-state index in [0.29, 0.717) is 22.7 Å². The van der Waals surface area contributed by atoms with Crippen LogP contribution in [-0.4, -0.2) is 42.6 Å². The zero-order valence-electron chi connectivity index (χ0n) is 14.6. The molecule has 0 atom stereocenters. The number of nitrogens with zero attached hydrogens (tertiary/aromatic N) is 2. The van der Waals surface area contributed by atoms with Crippen LogP contribution in [-0.2, 0) is 16.0 Å². The van der Waals surface area contributed by atoms with Gasteiger partial charge >= 0.3 is 0 Å². The van der Waals surface area contributed by atoms with Gasteiger partial charge in [-0.2, -0.15) is 0 Å². The molecule has 1 N–H and O–H groups in total. The molecule has 0 radical (unpaired) electrons. The van der Waals surface area contributed by atoms with E-state index in [1.54, 1.807) is 38.4 Å². The third-order valence-electron chi connectivity index (χ3n) is 3.78. The minimum Gasteiger partial charge on any atom is -0.484 e. The van der Waals surface area contributed by atoms with Crippen LogP contribution < -0.4 is 10.1 Å². The molecule has 2 aromatic carbocycles. The van der Waals surface area contributed by atoms with Gasteiger partial charge in [0.25, 0.3) is 5.91 Å². The Labute approximate surface area is 150 Å². The lowest BCUT2D eigenvalue weighted by molar-refractivity contribution is -0.130. The van der Waals surface area contributed by atoms with Crippen LogP contribution in [0.2, 0.25) is 0 Å². The Bertz CT molecular complexity index is 916. The first-order chi connectivity index (χ1) is 12.5. The highest BCUT2D eigenvalue weighted by Gasteiger charge is 2.12. The molecule has 0 aliphatic heterocycles. The topological polar surface area (TPSA) is 84.7 Å². The molecule has 0 aliphatic carbocycles. The molecule has 7 nitrogen and oxygen atoms in total. The first-order valence-electron chi connectivity index (χ1n) is 8.09. The van der Waals surface area contributed by atoms with E-state index in [1.165, 1.54) is 4.90 Å². The lowest BCUT2D eigenvalue weighted by atomic mass is 10.1. The van der Waals surface area contributed by atoms with Crippen molar-refractivity contribution in [3.8, 4) is 5.75 Å². The Morgan fingerprint density at radius 3 is 2.58 bits per heavy atom. The number of fused-ring (bicyclic) bond motifs is 1. The standard InChI is InChI=1S/C19H19N3O4/c1-22(2)19(24)12-25-14-9-7-13(8-10-14)20-18(23)11-16-15-5-3-4-6-17(15)26-21-16/h3-10H,11-12H2,1-2H3,(H,20,23). The molecule has 3 rings (SSSR count). The van der Waals surface area contributed by atoms with Crippen molar-refractivity contribution < 1.29 is 18.8 Å². The minimum absolute atomic E-state index is 0.0298. The van der Waals surface area contributed by atoms with Crippen molar-refractivity contribution in [3.05, 3.63) is 54.2 Å². The first-order valence-corrected chi connectivity index (χ1v) is 8.09. The van der Waals surface area contributed by atoms with Gasteiger partial charge < -0.3 is 19.5 Å². The molecule has 26 heavy (non-hydrogen) atoms. The second-order valence-corrected chi connectivity index (χ2v) is 5.95. The summed E-state index contributed by atoms with van der Waals surface area (Å²) in [6.07, 6.45) is 0.118. The molecule has 0 saturated carbocycles. The molecular formula is C19H19N3O4. The normalized spacial score (nSPS) is 10.5. The fourth-order valence-electron chi connectivity index (χ4n) is 2.33. The third kappa shape index (κ3) is 4.18. The maximum atomic E-state index is 12.2.